The van der Waals surface area contributed by atoms with Gasteiger partial charge in [0.05, 0.1) is 0 Å². The largest absolute Gasteiger partial charge is 0.243 e. The molecule has 0 bridgehead atoms. The van der Waals surface area contributed by atoms with Gasteiger partial charge in [0.15, 0.2) is 0 Å². The molecule has 0 amide bonds. The molecule has 2 aromatic heterocycles. The first kappa shape index (κ1) is 25.3. The van der Waals surface area contributed by atoms with Gasteiger partial charge in [0.1, 0.15) is 33.7 Å². The Bertz CT molecular complexity index is 1740. The van der Waals surface area contributed by atoms with E-state index in [0.29, 0.717) is 55.4 Å². The van der Waals surface area contributed by atoms with Gasteiger partial charge < -0.3 is 0 Å². The number of hydrogen-bond acceptors (Lipinski definition) is 6. The van der Waals surface area contributed by atoms with E-state index in [1.54, 1.807) is 6.07 Å². The van der Waals surface area contributed by atoms with Crippen molar-refractivity contribution in [2.45, 2.75) is 89.9 Å². The lowest BCUT2D eigenvalue weighted by molar-refractivity contribution is 0.315. The van der Waals surface area contributed by atoms with Crippen molar-refractivity contribution in [3.05, 3.63) is 58.2 Å². The van der Waals surface area contributed by atoms with Crippen molar-refractivity contribution in [1.29, 1.82) is 0 Å². The predicted molar refractivity (Wildman–Crippen MR) is 149 cm³/mol. The number of nitrogens with zero attached hydrogens (tertiary/aromatic N) is 4. The van der Waals surface area contributed by atoms with Gasteiger partial charge in [0.2, 0.25) is 0 Å². The fraction of sp³-hybridized carbons (Fsp3) is 0.438. The van der Waals surface area contributed by atoms with Crippen LogP contribution in [0.5, 0.6) is 0 Å². The van der Waals surface area contributed by atoms with Crippen molar-refractivity contribution >= 4 is 22.1 Å². The quantitative estimate of drug-likeness (QED) is 0.161. The van der Waals surface area contributed by atoms with E-state index in [0.717, 1.165) is 75.3 Å². The molecule has 0 unspecified atom stereocenters. The van der Waals surface area contributed by atoms with E-state index in [-0.39, 0.29) is 18.1 Å². The SMILES string of the molecule is CCCCCCC1(CCCCCC)c2ccc3nonc3c2-c2c(F)c3c(c(F)c21)-c1c(ccc2nonc12)C3. The molecule has 206 valence electrons. The third-order valence-electron chi connectivity index (χ3n) is 9.19. The van der Waals surface area contributed by atoms with Crippen LogP contribution < -0.4 is 0 Å². The second kappa shape index (κ2) is 9.75. The summed E-state index contributed by atoms with van der Waals surface area (Å²) in [5.41, 5.74) is 5.87. The Balaban J connectivity index is 1.52. The normalized spacial score (nSPS) is 14.6. The molecule has 3 aromatic carbocycles. The highest BCUT2D eigenvalue weighted by molar-refractivity contribution is 6.03. The van der Waals surface area contributed by atoms with Crippen LogP contribution >= 0.6 is 0 Å². The van der Waals surface area contributed by atoms with Gasteiger partial charge in [-0.3, -0.25) is 0 Å². The van der Waals surface area contributed by atoms with Crippen molar-refractivity contribution in [1.82, 2.24) is 20.6 Å². The van der Waals surface area contributed by atoms with Gasteiger partial charge in [-0.1, -0.05) is 77.3 Å². The highest BCUT2D eigenvalue weighted by Gasteiger charge is 2.49. The van der Waals surface area contributed by atoms with Gasteiger partial charge in [-0.25, -0.2) is 18.0 Å². The van der Waals surface area contributed by atoms with Gasteiger partial charge >= 0.3 is 0 Å². The second-order valence-corrected chi connectivity index (χ2v) is 11.5. The Morgan fingerprint density at radius 1 is 0.675 bits per heavy atom. The summed E-state index contributed by atoms with van der Waals surface area (Å²) in [4.78, 5) is 0. The lowest BCUT2D eigenvalue weighted by Gasteiger charge is -2.33. The molecule has 0 spiro atoms. The number of hydrogen-bond donors (Lipinski definition) is 0. The molecule has 5 aromatic rings. The molecule has 8 heteroatoms. The van der Waals surface area contributed by atoms with E-state index in [2.05, 4.69) is 34.5 Å². The minimum atomic E-state index is -0.669. The number of aromatic nitrogens is 4. The lowest BCUT2D eigenvalue weighted by atomic mass is 9.70. The molecule has 0 saturated carbocycles. The minimum absolute atomic E-state index is 0.284. The third kappa shape index (κ3) is 3.50. The van der Waals surface area contributed by atoms with E-state index in [4.69, 9.17) is 9.26 Å². The molecule has 0 aliphatic heterocycles. The maximum absolute atomic E-state index is 17.4. The molecule has 40 heavy (non-hydrogen) atoms. The van der Waals surface area contributed by atoms with Gasteiger partial charge in [0.25, 0.3) is 0 Å². The molecule has 2 aliphatic rings. The Kier molecular flexibility index (Phi) is 6.17. The smallest absolute Gasteiger partial charge is 0.143 e. The zero-order chi connectivity index (χ0) is 27.4. The maximum atomic E-state index is 17.4. The van der Waals surface area contributed by atoms with Crippen LogP contribution in [0.2, 0.25) is 0 Å². The van der Waals surface area contributed by atoms with Crippen LogP contribution in [-0.4, -0.2) is 20.6 Å². The molecule has 2 heterocycles. The Hall–Kier alpha value is -3.68. The van der Waals surface area contributed by atoms with Crippen molar-refractivity contribution < 1.29 is 18.0 Å². The molecule has 0 fully saturated rings. The van der Waals surface area contributed by atoms with Crippen molar-refractivity contribution in [2.75, 3.05) is 0 Å². The summed E-state index contributed by atoms with van der Waals surface area (Å²) in [5.74, 6) is -0.736. The Labute approximate surface area is 231 Å². The predicted octanol–water partition coefficient (Wildman–Crippen LogP) is 8.82. The van der Waals surface area contributed by atoms with E-state index < -0.39 is 5.41 Å². The fourth-order valence-electron chi connectivity index (χ4n) is 7.35. The lowest BCUT2D eigenvalue weighted by Crippen LogP contribution is -2.27. The minimum Gasteiger partial charge on any atom is -0.243 e. The summed E-state index contributed by atoms with van der Waals surface area (Å²) in [6.07, 6.45) is 10.2. The number of rotatable bonds is 10. The average Bonchev–Trinajstić information content (AvgIpc) is 3.74. The summed E-state index contributed by atoms with van der Waals surface area (Å²) in [5, 5.41) is 16.3. The number of halogens is 2. The van der Waals surface area contributed by atoms with Crippen LogP contribution in [0.3, 0.4) is 0 Å². The first-order valence-corrected chi connectivity index (χ1v) is 14.7. The first-order chi connectivity index (χ1) is 19.6. The van der Waals surface area contributed by atoms with Crippen molar-refractivity contribution in [3.63, 3.8) is 0 Å². The molecule has 0 N–H and O–H groups in total. The molecule has 6 nitrogen and oxygen atoms in total. The van der Waals surface area contributed by atoms with Crippen molar-refractivity contribution in [2.24, 2.45) is 0 Å². The van der Waals surface area contributed by atoms with Gasteiger partial charge in [-0.15, -0.1) is 0 Å². The molecular weight excluding hydrogens is 510 g/mol. The zero-order valence-corrected chi connectivity index (χ0v) is 22.9. The summed E-state index contributed by atoms with van der Waals surface area (Å²) in [6.45, 7) is 4.37. The maximum Gasteiger partial charge on any atom is 0.143 e. The topological polar surface area (TPSA) is 77.8 Å². The summed E-state index contributed by atoms with van der Waals surface area (Å²) >= 11 is 0. The molecule has 7 rings (SSSR count). The summed E-state index contributed by atoms with van der Waals surface area (Å²) in [7, 11) is 0. The van der Waals surface area contributed by atoms with Crippen LogP contribution in [0.1, 0.15) is 100 Å². The number of benzene rings is 3. The molecule has 0 saturated heterocycles. The monoisotopic (exact) mass is 542 g/mol. The third-order valence-corrected chi connectivity index (χ3v) is 9.19. The van der Waals surface area contributed by atoms with Gasteiger partial charge in [-0.2, -0.15) is 0 Å². The molecule has 0 atom stereocenters. The van der Waals surface area contributed by atoms with Crippen LogP contribution in [0.4, 0.5) is 8.78 Å². The second-order valence-electron chi connectivity index (χ2n) is 11.5. The van der Waals surface area contributed by atoms with Crippen LogP contribution in [0.15, 0.2) is 33.5 Å². The van der Waals surface area contributed by atoms with Crippen LogP contribution in [-0.2, 0) is 11.8 Å². The Morgan fingerprint density at radius 3 is 1.95 bits per heavy atom. The van der Waals surface area contributed by atoms with Crippen LogP contribution in [0, 0.1) is 11.6 Å². The zero-order valence-electron chi connectivity index (χ0n) is 22.9. The van der Waals surface area contributed by atoms with Gasteiger partial charge in [-0.05, 0) is 56.7 Å². The van der Waals surface area contributed by atoms with E-state index in [1.165, 1.54) is 0 Å². The summed E-state index contributed by atoms with van der Waals surface area (Å²) < 4.78 is 44.5. The van der Waals surface area contributed by atoms with E-state index >= 15 is 8.78 Å². The highest BCUT2D eigenvalue weighted by Crippen LogP contribution is 2.60. The molecular formula is C32H32F2N4O2. The standard InChI is InChI=1S/C32H32F2N4O2/c1-3-5-7-9-15-32(16-10-8-6-4-2)20-12-14-22-31(38-40-36-22)25(20)26-27(32)29(34)24-19(28(26)33)17-18-11-13-21-30(23(18)24)37-39-35-21/h11-14H,3-10,15-17H2,1-2H3. The van der Waals surface area contributed by atoms with Crippen LogP contribution in [0.25, 0.3) is 44.3 Å². The molecule has 0 radical (unpaired) electrons. The fourth-order valence-corrected chi connectivity index (χ4v) is 7.35. The highest BCUT2D eigenvalue weighted by atomic mass is 19.1. The van der Waals surface area contributed by atoms with E-state index in [9.17, 15) is 0 Å². The average molecular weight is 543 g/mol. The van der Waals surface area contributed by atoms with Gasteiger partial charge in [0, 0.05) is 45.2 Å². The van der Waals surface area contributed by atoms with E-state index in [1.807, 2.05) is 18.2 Å². The number of unbranched alkanes of at least 4 members (excludes halogenated alkanes) is 6. The number of fused-ring (bicyclic) bond motifs is 10. The molecule has 2 aliphatic carbocycles. The first-order valence-electron chi connectivity index (χ1n) is 14.7. The van der Waals surface area contributed by atoms with Crippen molar-refractivity contribution in [3.8, 4) is 22.3 Å². The summed E-state index contributed by atoms with van der Waals surface area (Å²) in [6, 6.07) is 7.57. The Morgan fingerprint density at radius 2 is 1.30 bits per heavy atom.